The first-order valence-electron chi connectivity index (χ1n) is 6.00. The van der Waals surface area contributed by atoms with E-state index in [1.54, 1.807) is 29.1 Å². The molecule has 21 heavy (non-hydrogen) atoms. The van der Waals surface area contributed by atoms with Crippen LogP contribution in [0.4, 0.5) is 0 Å². The maximum atomic E-state index is 6.12. The average Bonchev–Trinajstić information content (AvgIpc) is 3.01. The summed E-state index contributed by atoms with van der Waals surface area (Å²) in [6.07, 6.45) is 1.57. The van der Waals surface area contributed by atoms with Gasteiger partial charge in [-0.3, -0.25) is 4.68 Å². The van der Waals surface area contributed by atoms with Crippen molar-refractivity contribution in [2.45, 2.75) is 13.5 Å². The van der Waals surface area contributed by atoms with Crippen molar-refractivity contribution in [1.82, 2.24) is 19.9 Å². The van der Waals surface area contributed by atoms with Crippen LogP contribution in [0.5, 0.6) is 0 Å². The van der Waals surface area contributed by atoms with E-state index >= 15 is 0 Å². The molecule has 2 aromatic heterocycles. The molecule has 0 unspecified atom stereocenters. The highest BCUT2D eigenvalue weighted by Gasteiger charge is 2.14. The Balaban J connectivity index is 1.88. The summed E-state index contributed by atoms with van der Waals surface area (Å²) in [5.74, 6) is 0.821. The Labute approximate surface area is 135 Å². The Bertz CT molecular complexity index is 797. The molecule has 0 saturated heterocycles. The third-order valence-electron chi connectivity index (χ3n) is 2.97. The van der Waals surface area contributed by atoms with Crippen LogP contribution in [0.15, 0.2) is 28.9 Å². The van der Waals surface area contributed by atoms with Crippen LogP contribution >= 0.6 is 34.8 Å². The summed E-state index contributed by atoms with van der Waals surface area (Å²) in [7, 11) is 0. The van der Waals surface area contributed by atoms with E-state index in [1.807, 2.05) is 6.92 Å². The summed E-state index contributed by atoms with van der Waals surface area (Å²) in [6.45, 7) is 2.21. The van der Waals surface area contributed by atoms with Crippen LogP contribution < -0.4 is 0 Å². The second-order valence-electron chi connectivity index (χ2n) is 4.37. The molecule has 0 saturated carbocycles. The van der Waals surface area contributed by atoms with Crippen LogP contribution in [0.2, 0.25) is 15.1 Å². The van der Waals surface area contributed by atoms with Crippen molar-refractivity contribution in [2.75, 3.05) is 0 Å². The van der Waals surface area contributed by atoms with E-state index in [1.165, 1.54) is 0 Å². The van der Waals surface area contributed by atoms with Crippen LogP contribution in [-0.2, 0) is 6.54 Å². The number of nitrogens with zero attached hydrogens (tertiary/aromatic N) is 4. The number of rotatable bonds is 3. The van der Waals surface area contributed by atoms with Gasteiger partial charge in [0, 0.05) is 10.6 Å². The fourth-order valence-electron chi connectivity index (χ4n) is 1.81. The van der Waals surface area contributed by atoms with Gasteiger partial charge < -0.3 is 4.52 Å². The molecule has 2 heterocycles. The van der Waals surface area contributed by atoms with Gasteiger partial charge in [-0.25, -0.2) is 0 Å². The molecule has 0 amide bonds. The van der Waals surface area contributed by atoms with Gasteiger partial charge in [-0.1, -0.05) is 40.0 Å². The molecule has 0 bridgehead atoms. The predicted octanol–water partition coefficient (Wildman–Crippen LogP) is 4.25. The molecule has 5 nitrogen and oxygen atoms in total. The highest BCUT2D eigenvalue weighted by Crippen LogP contribution is 2.28. The molecule has 0 spiro atoms. The smallest absolute Gasteiger partial charge is 0.248 e. The van der Waals surface area contributed by atoms with Gasteiger partial charge in [-0.15, -0.1) is 0 Å². The molecule has 0 aliphatic heterocycles. The van der Waals surface area contributed by atoms with Crippen LogP contribution in [-0.4, -0.2) is 19.9 Å². The zero-order chi connectivity index (χ0) is 15.0. The van der Waals surface area contributed by atoms with E-state index in [4.69, 9.17) is 39.3 Å². The van der Waals surface area contributed by atoms with Gasteiger partial charge in [0.25, 0.3) is 0 Å². The van der Waals surface area contributed by atoms with Gasteiger partial charge in [-0.2, -0.15) is 10.1 Å². The Kier molecular flexibility index (Phi) is 3.89. The minimum absolute atomic E-state index is 0.344. The first-order valence-corrected chi connectivity index (χ1v) is 7.14. The second kappa shape index (κ2) is 5.67. The summed E-state index contributed by atoms with van der Waals surface area (Å²) in [4.78, 5) is 4.31. The second-order valence-corrected chi connectivity index (χ2v) is 5.62. The van der Waals surface area contributed by atoms with Crippen LogP contribution in [0.25, 0.3) is 11.4 Å². The number of hydrogen-bond donors (Lipinski definition) is 0. The van der Waals surface area contributed by atoms with Crippen molar-refractivity contribution in [2.24, 2.45) is 0 Å². The van der Waals surface area contributed by atoms with E-state index in [0.717, 1.165) is 5.69 Å². The van der Waals surface area contributed by atoms with E-state index in [2.05, 4.69) is 15.2 Å². The highest BCUT2D eigenvalue weighted by molar-refractivity contribution is 6.36. The molecule has 3 rings (SSSR count). The third-order valence-corrected chi connectivity index (χ3v) is 3.89. The molecule has 0 N–H and O–H groups in total. The normalized spacial score (nSPS) is 11.0. The maximum absolute atomic E-state index is 6.12. The number of halogens is 3. The zero-order valence-corrected chi connectivity index (χ0v) is 13.1. The lowest BCUT2D eigenvalue weighted by atomic mass is 10.2. The van der Waals surface area contributed by atoms with Crippen molar-refractivity contribution in [3.8, 4) is 11.4 Å². The number of hydrogen-bond acceptors (Lipinski definition) is 4. The van der Waals surface area contributed by atoms with Crippen LogP contribution in [0.3, 0.4) is 0 Å². The molecule has 3 aromatic rings. The van der Waals surface area contributed by atoms with Crippen LogP contribution in [0.1, 0.15) is 11.6 Å². The largest absolute Gasteiger partial charge is 0.337 e. The lowest BCUT2D eigenvalue weighted by molar-refractivity contribution is 0.365. The Morgan fingerprint density at radius 1 is 1.19 bits per heavy atom. The van der Waals surface area contributed by atoms with Crippen molar-refractivity contribution < 1.29 is 4.52 Å². The lowest BCUT2D eigenvalue weighted by Crippen LogP contribution is -2.03. The molecule has 1 aromatic carbocycles. The lowest BCUT2D eigenvalue weighted by Gasteiger charge is -1.99. The molecule has 8 heteroatoms. The topological polar surface area (TPSA) is 56.7 Å². The van der Waals surface area contributed by atoms with Gasteiger partial charge in [0.05, 0.1) is 21.9 Å². The van der Waals surface area contributed by atoms with Gasteiger partial charge >= 0.3 is 0 Å². The van der Waals surface area contributed by atoms with Gasteiger partial charge in [0.15, 0.2) is 0 Å². The van der Waals surface area contributed by atoms with Crippen molar-refractivity contribution in [3.05, 3.63) is 51.0 Å². The maximum Gasteiger partial charge on any atom is 0.248 e. The summed E-state index contributed by atoms with van der Waals surface area (Å²) in [6, 6.07) is 5.09. The Hall–Kier alpha value is -1.56. The van der Waals surface area contributed by atoms with E-state index in [9.17, 15) is 0 Å². The fraction of sp³-hybridized carbons (Fsp3) is 0.154. The summed E-state index contributed by atoms with van der Waals surface area (Å²) < 4.78 is 6.90. The predicted molar refractivity (Wildman–Crippen MR) is 80.8 cm³/mol. The minimum atomic E-state index is 0.344. The van der Waals surface area contributed by atoms with Crippen LogP contribution in [0, 0.1) is 6.92 Å². The average molecular weight is 344 g/mol. The first kappa shape index (κ1) is 14.4. The fourth-order valence-corrected chi connectivity index (χ4v) is 2.44. The molecule has 0 atom stereocenters. The highest BCUT2D eigenvalue weighted by atomic mass is 35.5. The molecular formula is C13H9Cl3N4O. The molecule has 0 fully saturated rings. The van der Waals surface area contributed by atoms with Gasteiger partial charge in [-0.05, 0) is 25.1 Å². The molecule has 0 aliphatic rings. The SMILES string of the molecule is Cc1c(Cl)cnn1Cc1nc(-c2ccc(Cl)cc2Cl)no1. The van der Waals surface area contributed by atoms with E-state index in [-0.39, 0.29) is 0 Å². The van der Waals surface area contributed by atoms with Gasteiger partial charge in [0.1, 0.15) is 6.54 Å². The molecule has 0 radical (unpaired) electrons. The summed E-state index contributed by atoms with van der Waals surface area (Å²) in [5, 5.41) is 9.67. The Morgan fingerprint density at radius 3 is 2.67 bits per heavy atom. The van der Waals surface area contributed by atoms with E-state index in [0.29, 0.717) is 38.9 Å². The quantitative estimate of drug-likeness (QED) is 0.713. The number of aromatic nitrogens is 4. The molecule has 0 aliphatic carbocycles. The monoisotopic (exact) mass is 342 g/mol. The van der Waals surface area contributed by atoms with Crippen molar-refractivity contribution >= 4 is 34.8 Å². The zero-order valence-electron chi connectivity index (χ0n) is 10.8. The van der Waals surface area contributed by atoms with Gasteiger partial charge in [0.2, 0.25) is 11.7 Å². The minimum Gasteiger partial charge on any atom is -0.337 e. The Morgan fingerprint density at radius 2 is 2.00 bits per heavy atom. The first-order chi connectivity index (χ1) is 10.0. The van der Waals surface area contributed by atoms with Crippen molar-refractivity contribution in [3.63, 3.8) is 0 Å². The standard InChI is InChI=1S/C13H9Cl3N4O/c1-7-11(16)5-17-20(7)6-12-18-13(19-21-12)9-3-2-8(14)4-10(9)15/h2-5H,6H2,1H3. The molecular weight excluding hydrogens is 335 g/mol. The third kappa shape index (κ3) is 2.90. The van der Waals surface area contributed by atoms with E-state index < -0.39 is 0 Å². The summed E-state index contributed by atoms with van der Waals surface area (Å²) in [5.41, 5.74) is 1.49. The number of benzene rings is 1. The molecule has 108 valence electrons. The van der Waals surface area contributed by atoms with Crippen molar-refractivity contribution in [1.29, 1.82) is 0 Å². The summed E-state index contributed by atoms with van der Waals surface area (Å²) >= 11 is 17.9.